The van der Waals surface area contributed by atoms with E-state index in [4.69, 9.17) is 14.4 Å². The van der Waals surface area contributed by atoms with Crippen molar-refractivity contribution in [2.45, 2.75) is 25.4 Å². The number of halogens is 3. The van der Waals surface area contributed by atoms with Crippen LogP contribution in [0.15, 0.2) is 59.1 Å². The molecular formula is C21H18F3NO4. The van der Waals surface area contributed by atoms with Gasteiger partial charge in [-0.05, 0) is 36.2 Å². The first-order valence-electron chi connectivity index (χ1n) is 8.88. The number of aliphatic carboxylic acids is 1. The summed E-state index contributed by atoms with van der Waals surface area (Å²) in [6.45, 7) is 0.425. The number of ether oxygens (including phenoxy) is 1. The number of hydrogen-bond donors (Lipinski definition) is 1. The van der Waals surface area contributed by atoms with Gasteiger partial charge in [0.15, 0.2) is 0 Å². The fourth-order valence-electron chi connectivity index (χ4n) is 2.71. The van der Waals surface area contributed by atoms with Crippen molar-refractivity contribution in [1.82, 2.24) is 5.16 Å². The normalized spacial score (nSPS) is 11.4. The molecule has 0 fully saturated rings. The second kappa shape index (κ2) is 8.81. The van der Waals surface area contributed by atoms with Gasteiger partial charge in [0.05, 0.1) is 18.6 Å². The van der Waals surface area contributed by atoms with Crippen molar-refractivity contribution in [3.8, 4) is 17.0 Å². The van der Waals surface area contributed by atoms with E-state index in [1.54, 1.807) is 30.3 Å². The number of hydrogen-bond acceptors (Lipinski definition) is 4. The maximum absolute atomic E-state index is 12.6. The zero-order chi connectivity index (χ0) is 20.9. The highest BCUT2D eigenvalue weighted by atomic mass is 19.4. The molecular weight excluding hydrogens is 387 g/mol. The molecule has 0 bridgehead atoms. The second-order valence-electron chi connectivity index (χ2n) is 6.42. The Morgan fingerprint density at radius 2 is 1.76 bits per heavy atom. The fraction of sp³-hybridized carbons (Fsp3) is 0.238. The first kappa shape index (κ1) is 20.4. The zero-order valence-electron chi connectivity index (χ0n) is 15.3. The van der Waals surface area contributed by atoms with Crippen LogP contribution in [0.5, 0.6) is 5.75 Å². The average molecular weight is 405 g/mol. The van der Waals surface area contributed by atoms with Crippen LogP contribution >= 0.6 is 0 Å². The maximum atomic E-state index is 12.6. The highest BCUT2D eigenvalue weighted by molar-refractivity contribution is 5.70. The molecule has 0 aliphatic carbocycles. The van der Waals surface area contributed by atoms with Crippen molar-refractivity contribution in [2.24, 2.45) is 0 Å². The number of benzene rings is 2. The van der Waals surface area contributed by atoms with Gasteiger partial charge < -0.3 is 14.4 Å². The van der Waals surface area contributed by atoms with Gasteiger partial charge in [-0.2, -0.15) is 13.2 Å². The van der Waals surface area contributed by atoms with E-state index in [0.717, 1.165) is 12.1 Å². The van der Waals surface area contributed by atoms with Gasteiger partial charge >= 0.3 is 12.1 Å². The smallest absolute Gasteiger partial charge is 0.416 e. The van der Waals surface area contributed by atoms with Crippen LogP contribution in [-0.4, -0.2) is 22.8 Å². The Kier molecular flexibility index (Phi) is 6.21. The van der Waals surface area contributed by atoms with E-state index < -0.39 is 17.7 Å². The first-order chi connectivity index (χ1) is 13.8. The summed E-state index contributed by atoms with van der Waals surface area (Å²) in [5.41, 5.74) is 1.01. The summed E-state index contributed by atoms with van der Waals surface area (Å²) in [5.74, 6) is 0.365. The van der Waals surface area contributed by atoms with Crippen LogP contribution in [0.1, 0.15) is 23.3 Å². The second-order valence-corrected chi connectivity index (χ2v) is 6.42. The summed E-state index contributed by atoms with van der Waals surface area (Å²) in [6.07, 6.45) is -3.19. The molecule has 1 heterocycles. The third-order valence-corrected chi connectivity index (χ3v) is 4.18. The van der Waals surface area contributed by atoms with Crippen molar-refractivity contribution in [2.75, 3.05) is 6.61 Å². The number of carboxylic acids is 1. The highest BCUT2D eigenvalue weighted by Crippen LogP contribution is 2.31. The number of alkyl halides is 3. The van der Waals surface area contributed by atoms with Gasteiger partial charge in [0, 0.05) is 18.1 Å². The molecule has 0 radical (unpaired) electrons. The summed E-state index contributed by atoms with van der Waals surface area (Å²) in [5, 5.41) is 12.6. The van der Waals surface area contributed by atoms with Crippen molar-refractivity contribution in [1.29, 1.82) is 0 Å². The Morgan fingerprint density at radius 3 is 2.38 bits per heavy atom. The molecule has 2 aromatic carbocycles. The molecule has 0 aliphatic rings. The average Bonchev–Trinajstić information content (AvgIpc) is 3.14. The summed E-state index contributed by atoms with van der Waals surface area (Å²) < 4.78 is 48.7. The van der Waals surface area contributed by atoms with Gasteiger partial charge in [-0.15, -0.1) is 0 Å². The van der Waals surface area contributed by atoms with Gasteiger partial charge in [-0.3, -0.25) is 4.79 Å². The highest BCUT2D eigenvalue weighted by Gasteiger charge is 2.30. The Balaban J connectivity index is 1.47. The van der Waals surface area contributed by atoms with E-state index in [2.05, 4.69) is 5.16 Å². The van der Waals surface area contributed by atoms with Crippen LogP contribution in [-0.2, 0) is 23.8 Å². The van der Waals surface area contributed by atoms with E-state index >= 15 is 0 Å². The first-order valence-corrected chi connectivity index (χ1v) is 8.88. The number of aromatic nitrogens is 1. The third kappa shape index (κ3) is 5.84. The molecule has 1 aromatic heterocycles. The van der Waals surface area contributed by atoms with Crippen molar-refractivity contribution >= 4 is 5.97 Å². The van der Waals surface area contributed by atoms with Crippen molar-refractivity contribution in [3.05, 3.63) is 71.5 Å². The molecule has 0 atom stereocenters. The lowest BCUT2D eigenvalue weighted by atomic mass is 10.1. The van der Waals surface area contributed by atoms with Crippen LogP contribution in [0.4, 0.5) is 13.2 Å². The lowest BCUT2D eigenvalue weighted by molar-refractivity contribution is -0.138. The van der Waals surface area contributed by atoms with E-state index in [1.807, 2.05) is 0 Å². The number of carbonyl (C=O) groups is 1. The van der Waals surface area contributed by atoms with E-state index in [-0.39, 0.29) is 6.42 Å². The Bertz CT molecular complexity index is 947. The quantitative estimate of drug-likeness (QED) is 0.534. The minimum Gasteiger partial charge on any atom is -0.494 e. The number of nitrogens with zero attached hydrogens (tertiary/aromatic N) is 1. The van der Waals surface area contributed by atoms with Gasteiger partial charge in [0.2, 0.25) is 0 Å². The molecule has 0 aliphatic heterocycles. The van der Waals surface area contributed by atoms with Gasteiger partial charge in [-0.25, -0.2) is 0 Å². The Labute approximate surface area is 164 Å². The maximum Gasteiger partial charge on any atom is 0.416 e. The van der Waals surface area contributed by atoms with E-state index in [0.29, 0.717) is 47.8 Å². The summed E-state index contributed by atoms with van der Waals surface area (Å²) in [6, 6.07) is 13.3. The molecule has 0 unspecified atom stereocenters. The molecule has 29 heavy (non-hydrogen) atoms. The number of aryl methyl sites for hydroxylation is 1. The molecule has 0 spiro atoms. The molecule has 3 aromatic rings. The van der Waals surface area contributed by atoms with Crippen LogP contribution in [0.25, 0.3) is 11.3 Å². The lowest BCUT2D eigenvalue weighted by Crippen LogP contribution is -2.03. The van der Waals surface area contributed by atoms with Crippen LogP contribution in [0.3, 0.4) is 0 Å². The molecule has 5 nitrogen and oxygen atoms in total. The van der Waals surface area contributed by atoms with Crippen molar-refractivity contribution in [3.63, 3.8) is 0 Å². The molecule has 1 N–H and O–H groups in total. The molecule has 3 rings (SSSR count). The van der Waals surface area contributed by atoms with Crippen LogP contribution in [0, 0.1) is 0 Å². The topological polar surface area (TPSA) is 72.6 Å². The molecule has 0 saturated carbocycles. The Hall–Kier alpha value is -3.29. The predicted molar refractivity (Wildman–Crippen MR) is 98.5 cm³/mol. The molecule has 8 heteroatoms. The summed E-state index contributed by atoms with van der Waals surface area (Å²) in [7, 11) is 0. The fourth-order valence-corrected chi connectivity index (χ4v) is 2.71. The minimum absolute atomic E-state index is 0.0347. The van der Waals surface area contributed by atoms with E-state index in [9.17, 15) is 18.0 Å². The Morgan fingerprint density at radius 1 is 1.07 bits per heavy atom. The molecule has 152 valence electrons. The van der Waals surface area contributed by atoms with Gasteiger partial charge in [0.1, 0.15) is 17.2 Å². The van der Waals surface area contributed by atoms with Crippen molar-refractivity contribution < 1.29 is 32.3 Å². The SMILES string of the molecule is O=C(O)Cc1ccc(OCCCc2cc(-c3ccc(C(F)(F)F)cc3)no2)cc1. The monoisotopic (exact) mass is 405 g/mol. The number of carboxylic acid groups (broad SMARTS) is 1. The standard InChI is InChI=1S/C21H18F3NO4/c22-21(23,24)16-7-5-15(6-8-16)19-13-18(29-25-19)2-1-11-28-17-9-3-14(4-10-17)12-20(26)27/h3-10,13H,1-2,11-12H2,(H,26,27). The van der Waals surface area contributed by atoms with Gasteiger partial charge in [-0.1, -0.05) is 29.4 Å². The predicted octanol–water partition coefficient (Wildman–Crippen LogP) is 5.00. The molecule has 0 amide bonds. The minimum atomic E-state index is -4.37. The summed E-state index contributed by atoms with van der Waals surface area (Å²) >= 11 is 0. The third-order valence-electron chi connectivity index (χ3n) is 4.18. The molecule has 0 saturated heterocycles. The van der Waals surface area contributed by atoms with Gasteiger partial charge in [0.25, 0.3) is 0 Å². The largest absolute Gasteiger partial charge is 0.494 e. The zero-order valence-corrected chi connectivity index (χ0v) is 15.3. The van der Waals surface area contributed by atoms with E-state index in [1.165, 1.54) is 12.1 Å². The number of rotatable bonds is 8. The lowest BCUT2D eigenvalue weighted by Gasteiger charge is -2.06. The van der Waals surface area contributed by atoms with Crippen LogP contribution in [0.2, 0.25) is 0 Å². The summed E-state index contributed by atoms with van der Waals surface area (Å²) in [4.78, 5) is 10.7. The van der Waals surface area contributed by atoms with Crippen LogP contribution < -0.4 is 4.74 Å².